The van der Waals surface area contributed by atoms with Crippen LogP contribution in [0.1, 0.15) is 36.5 Å². The second-order valence-electron chi connectivity index (χ2n) is 8.92. The van der Waals surface area contributed by atoms with Gasteiger partial charge in [0.2, 0.25) is 11.8 Å². The van der Waals surface area contributed by atoms with Crippen molar-refractivity contribution in [2.24, 2.45) is 0 Å². The van der Waals surface area contributed by atoms with E-state index in [1.165, 1.54) is 17.8 Å². The molecule has 1 atom stereocenters. The number of unbranched alkanes of at least 4 members (excludes halogenated alkanes) is 1. The Morgan fingerprint density at radius 1 is 1.05 bits per heavy atom. The van der Waals surface area contributed by atoms with Crippen molar-refractivity contribution in [1.82, 2.24) is 10.2 Å². The number of thioether (sulfide) groups is 1. The zero-order chi connectivity index (χ0) is 27.3. The maximum absolute atomic E-state index is 14.3. The van der Waals surface area contributed by atoms with Gasteiger partial charge < -0.3 is 15.0 Å². The first-order valence-electron chi connectivity index (χ1n) is 12.7. The standard InChI is InChI=1S/C30H34ClFN2O3S/c1-3-4-16-33-30(36)28(18-22-10-6-5-7-11-22)34(19-23-12-8-13-24(17-23)37-2)29(35)21-38-20-25-26(31)14-9-15-27(25)32/h5-15,17,28H,3-4,16,18-21H2,1-2H3,(H,33,36). The van der Waals surface area contributed by atoms with Crippen LogP contribution in [0.15, 0.2) is 72.8 Å². The van der Waals surface area contributed by atoms with E-state index in [2.05, 4.69) is 12.2 Å². The Kier molecular flexibility index (Phi) is 12.0. The van der Waals surface area contributed by atoms with E-state index >= 15 is 0 Å². The van der Waals surface area contributed by atoms with Crippen molar-refractivity contribution in [2.45, 2.75) is 44.5 Å². The molecule has 0 aliphatic rings. The first-order chi connectivity index (χ1) is 18.4. The highest BCUT2D eigenvalue weighted by molar-refractivity contribution is 7.99. The average Bonchev–Trinajstić information content (AvgIpc) is 2.93. The average molecular weight is 557 g/mol. The van der Waals surface area contributed by atoms with Crippen molar-refractivity contribution >= 4 is 35.2 Å². The largest absolute Gasteiger partial charge is 0.497 e. The zero-order valence-corrected chi connectivity index (χ0v) is 23.4. The number of halogens is 2. The maximum atomic E-state index is 14.3. The molecule has 0 saturated carbocycles. The van der Waals surface area contributed by atoms with Crippen LogP contribution in [0, 0.1) is 5.82 Å². The van der Waals surface area contributed by atoms with Gasteiger partial charge in [0, 0.05) is 35.8 Å². The van der Waals surface area contributed by atoms with Crippen molar-refractivity contribution < 1.29 is 18.7 Å². The van der Waals surface area contributed by atoms with Gasteiger partial charge in [-0.2, -0.15) is 0 Å². The number of hydrogen-bond acceptors (Lipinski definition) is 4. The smallest absolute Gasteiger partial charge is 0.243 e. The highest BCUT2D eigenvalue weighted by Gasteiger charge is 2.30. The highest BCUT2D eigenvalue weighted by atomic mass is 35.5. The molecule has 0 aromatic heterocycles. The van der Waals surface area contributed by atoms with Crippen LogP contribution in [0.4, 0.5) is 4.39 Å². The molecule has 0 saturated heterocycles. The van der Waals surface area contributed by atoms with Crippen molar-refractivity contribution in [3.8, 4) is 5.75 Å². The summed E-state index contributed by atoms with van der Waals surface area (Å²) in [6.07, 6.45) is 2.18. The molecule has 2 amide bonds. The van der Waals surface area contributed by atoms with Gasteiger partial charge in [-0.3, -0.25) is 9.59 Å². The Morgan fingerprint density at radius 2 is 1.79 bits per heavy atom. The first-order valence-corrected chi connectivity index (χ1v) is 14.2. The molecular weight excluding hydrogens is 523 g/mol. The molecule has 0 bridgehead atoms. The third kappa shape index (κ3) is 8.77. The SMILES string of the molecule is CCCCNC(=O)C(Cc1ccccc1)N(Cc1cccc(OC)c1)C(=O)CSCc1c(F)cccc1Cl. The van der Waals surface area contributed by atoms with Crippen LogP contribution in [0.2, 0.25) is 5.02 Å². The molecule has 0 spiro atoms. The normalized spacial score (nSPS) is 11.6. The van der Waals surface area contributed by atoms with Gasteiger partial charge >= 0.3 is 0 Å². The van der Waals surface area contributed by atoms with E-state index < -0.39 is 11.9 Å². The van der Waals surface area contributed by atoms with E-state index in [9.17, 15) is 14.0 Å². The topological polar surface area (TPSA) is 58.6 Å². The summed E-state index contributed by atoms with van der Waals surface area (Å²) >= 11 is 7.45. The van der Waals surface area contributed by atoms with Crippen molar-refractivity contribution in [1.29, 1.82) is 0 Å². The molecule has 38 heavy (non-hydrogen) atoms. The summed E-state index contributed by atoms with van der Waals surface area (Å²) in [5.74, 6) is 0.185. The fraction of sp³-hybridized carbons (Fsp3) is 0.333. The molecule has 3 aromatic rings. The van der Waals surface area contributed by atoms with Crippen LogP contribution in [-0.4, -0.2) is 42.2 Å². The van der Waals surface area contributed by atoms with Gasteiger partial charge in [-0.1, -0.05) is 73.5 Å². The molecule has 0 heterocycles. The summed E-state index contributed by atoms with van der Waals surface area (Å²) in [5.41, 5.74) is 2.17. The quantitative estimate of drug-likeness (QED) is 0.237. The van der Waals surface area contributed by atoms with Crippen LogP contribution >= 0.6 is 23.4 Å². The van der Waals surface area contributed by atoms with Crippen LogP contribution in [-0.2, 0) is 28.3 Å². The van der Waals surface area contributed by atoms with E-state index in [0.717, 1.165) is 24.0 Å². The maximum Gasteiger partial charge on any atom is 0.243 e. The summed E-state index contributed by atoms with van der Waals surface area (Å²) in [5, 5.41) is 3.34. The van der Waals surface area contributed by atoms with Crippen molar-refractivity contribution in [3.05, 3.63) is 100 Å². The lowest BCUT2D eigenvalue weighted by atomic mass is 10.0. The minimum Gasteiger partial charge on any atom is -0.497 e. The number of hydrogen-bond donors (Lipinski definition) is 1. The molecule has 1 N–H and O–H groups in total. The predicted molar refractivity (Wildman–Crippen MR) is 153 cm³/mol. The van der Waals surface area contributed by atoms with E-state index in [1.54, 1.807) is 24.1 Å². The van der Waals surface area contributed by atoms with Gasteiger partial charge in [0.15, 0.2) is 0 Å². The van der Waals surface area contributed by atoms with Gasteiger partial charge in [0.25, 0.3) is 0 Å². The van der Waals surface area contributed by atoms with E-state index in [-0.39, 0.29) is 29.9 Å². The van der Waals surface area contributed by atoms with E-state index in [4.69, 9.17) is 16.3 Å². The second kappa shape index (κ2) is 15.4. The molecule has 1 unspecified atom stereocenters. The molecule has 0 aliphatic heterocycles. The van der Waals surface area contributed by atoms with E-state index in [1.807, 2.05) is 54.6 Å². The molecule has 8 heteroatoms. The number of carbonyl (C=O) groups is 2. The summed E-state index contributed by atoms with van der Waals surface area (Å²) in [6, 6.07) is 21.0. The lowest BCUT2D eigenvalue weighted by Gasteiger charge is -2.31. The Labute approximate surface area is 233 Å². The molecule has 0 radical (unpaired) electrons. The summed E-state index contributed by atoms with van der Waals surface area (Å²) in [4.78, 5) is 28.8. The van der Waals surface area contributed by atoms with Crippen LogP contribution < -0.4 is 10.1 Å². The Bertz CT molecular complexity index is 1170. The fourth-order valence-corrected chi connectivity index (χ4v) is 5.27. The van der Waals surface area contributed by atoms with Gasteiger partial charge in [-0.25, -0.2) is 4.39 Å². The lowest BCUT2D eigenvalue weighted by molar-refractivity contribution is -0.139. The number of nitrogens with zero attached hydrogens (tertiary/aromatic N) is 1. The Morgan fingerprint density at radius 3 is 2.50 bits per heavy atom. The minimum atomic E-state index is -0.717. The first kappa shape index (κ1) is 29.5. The number of ether oxygens (including phenoxy) is 1. The zero-order valence-electron chi connectivity index (χ0n) is 21.8. The van der Waals surface area contributed by atoms with Crippen molar-refractivity contribution in [3.63, 3.8) is 0 Å². The van der Waals surface area contributed by atoms with Gasteiger partial charge in [0.1, 0.15) is 17.6 Å². The van der Waals surface area contributed by atoms with Gasteiger partial charge in [0.05, 0.1) is 12.9 Å². The summed E-state index contributed by atoms with van der Waals surface area (Å²) in [7, 11) is 1.59. The number of amides is 2. The molecule has 5 nitrogen and oxygen atoms in total. The van der Waals surface area contributed by atoms with Gasteiger partial charge in [-0.15, -0.1) is 11.8 Å². The highest BCUT2D eigenvalue weighted by Crippen LogP contribution is 2.25. The molecule has 3 rings (SSSR count). The molecule has 0 aliphatic carbocycles. The monoisotopic (exact) mass is 556 g/mol. The minimum absolute atomic E-state index is 0.0716. The van der Waals surface area contributed by atoms with Crippen LogP contribution in [0.25, 0.3) is 0 Å². The third-order valence-corrected chi connectivity index (χ3v) is 7.42. The van der Waals surface area contributed by atoms with Crippen LogP contribution in [0.5, 0.6) is 5.75 Å². The second-order valence-corrected chi connectivity index (χ2v) is 10.3. The number of methoxy groups -OCH3 is 1. The molecule has 0 fully saturated rings. The summed E-state index contributed by atoms with van der Waals surface area (Å²) in [6.45, 7) is 2.84. The number of nitrogens with one attached hydrogen (secondary N) is 1. The fourth-order valence-electron chi connectivity index (χ4n) is 4.02. The van der Waals surface area contributed by atoms with Crippen LogP contribution in [0.3, 0.4) is 0 Å². The number of rotatable bonds is 14. The lowest BCUT2D eigenvalue weighted by Crippen LogP contribution is -2.51. The Balaban J connectivity index is 1.87. The van der Waals surface area contributed by atoms with Gasteiger partial charge in [-0.05, 0) is 41.8 Å². The molecular formula is C30H34ClFN2O3S. The molecule has 3 aromatic carbocycles. The number of benzene rings is 3. The number of carbonyl (C=O) groups excluding carboxylic acids is 2. The van der Waals surface area contributed by atoms with Crippen molar-refractivity contribution in [2.75, 3.05) is 19.4 Å². The predicted octanol–water partition coefficient (Wildman–Crippen LogP) is 6.28. The Hall–Kier alpha value is -3.03. The molecule has 202 valence electrons. The van der Waals surface area contributed by atoms with E-state index in [0.29, 0.717) is 29.3 Å². The summed E-state index contributed by atoms with van der Waals surface area (Å²) < 4.78 is 19.6. The third-order valence-electron chi connectivity index (χ3n) is 6.12.